The lowest BCUT2D eigenvalue weighted by atomic mass is 10.4. The zero-order valence-electron chi connectivity index (χ0n) is 6.53. The molecule has 0 radical (unpaired) electrons. The van der Waals surface area contributed by atoms with Crippen LogP contribution in [0.4, 0.5) is 13.2 Å². The molecule has 0 aliphatic heterocycles. The fraction of sp³-hybridized carbons (Fsp3) is 0.429. The lowest BCUT2D eigenvalue weighted by molar-refractivity contribution is 0.0402. The van der Waals surface area contributed by atoms with E-state index in [1.807, 2.05) is 0 Å². The van der Waals surface area contributed by atoms with Crippen molar-refractivity contribution in [2.75, 3.05) is 0 Å². The third kappa shape index (κ3) is 2.30. The molecule has 0 aliphatic rings. The van der Waals surface area contributed by atoms with Crippen LogP contribution in [0.15, 0.2) is 12.4 Å². The molecule has 0 aliphatic carbocycles. The molecule has 0 spiro atoms. The van der Waals surface area contributed by atoms with Crippen molar-refractivity contribution in [2.45, 2.75) is 19.1 Å². The highest BCUT2D eigenvalue weighted by Crippen LogP contribution is 2.08. The summed E-state index contributed by atoms with van der Waals surface area (Å²) in [5, 5.41) is 0. The van der Waals surface area contributed by atoms with Gasteiger partial charge in [-0.1, -0.05) is 0 Å². The Labute approximate surface area is 72.2 Å². The largest absolute Gasteiger partial charge is 0.326 e. The predicted octanol–water partition coefficient (Wildman–Crippen LogP) is 1.30. The van der Waals surface area contributed by atoms with Gasteiger partial charge in [0.15, 0.2) is 18.3 Å². The number of imidazole rings is 1. The summed E-state index contributed by atoms with van der Waals surface area (Å²) in [5.41, 5.74) is 0. The Kier molecular flexibility index (Phi) is 3.05. The minimum atomic E-state index is -3.04. The first-order chi connectivity index (χ1) is 6.15. The van der Waals surface area contributed by atoms with Gasteiger partial charge in [0.25, 0.3) is 6.43 Å². The smallest absolute Gasteiger partial charge is 0.271 e. The van der Waals surface area contributed by atoms with Gasteiger partial charge in [0.2, 0.25) is 0 Å². The maximum atomic E-state index is 12.5. The summed E-state index contributed by atoms with van der Waals surface area (Å²) in [4.78, 5) is 13.8. The molecule has 1 unspecified atom stereocenters. The molecule has 0 N–H and O–H groups in total. The summed E-state index contributed by atoms with van der Waals surface area (Å²) < 4.78 is 37.1. The van der Waals surface area contributed by atoms with Crippen LogP contribution >= 0.6 is 0 Å². The molecule has 13 heavy (non-hydrogen) atoms. The molecule has 72 valence electrons. The van der Waals surface area contributed by atoms with Crippen LogP contribution < -0.4 is 0 Å². The summed E-state index contributed by atoms with van der Waals surface area (Å²) in [6, 6.07) is 0. The number of hydrogen-bond acceptors (Lipinski definition) is 2. The van der Waals surface area contributed by atoms with Crippen LogP contribution in [0.1, 0.15) is 10.6 Å². The van der Waals surface area contributed by atoms with E-state index in [1.165, 1.54) is 12.4 Å². The average Bonchev–Trinajstić information content (AvgIpc) is 2.51. The van der Waals surface area contributed by atoms with Gasteiger partial charge >= 0.3 is 0 Å². The van der Waals surface area contributed by atoms with Crippen molar-refractivity contribution in [3.63, 3.8) is 0 Å². The van der Waals surface area contributed by atoms with Crippen molar-refractivity contribution in [3.8, 4) is 0 Å². The molecule has 0 fully saturated rings. The molecule has 0 bridgehead atoms. The van der Waals surface area contributed by atoms with E-state index >= 15 is 0 Å². The second kappa shape index (κ2) is 4.06. The Morgan fingerprint density at radius 2 is 2.23 bits per heavy atom. The van der Waals surface area contributed by atoms with Crippen LogP contribution in [0.25, 0.3) is 0 Å². The molecule has 1 rings (SSSR count). The minimum Gasteiger partial charge on any atom is -0.326 e. The van der Waals surface area contributed by atoms with Crippen molar-refractivity contribution >= 4 is 6.29 Å². The van der Waals surface area contributed by atoms with Crippen molar-refractivity contribution in [2.24, 2.45) is 0 Å². The van der Waals surface area contributed by atoms with E-state index < -0.39 is 19.1 Å². The van der Waals surface area contributed by atoms with Gasteiger partial charge in [-0.25, -0.2) is 18.2 Å². The van der Waals surface area contributed by atoms with Crippen LogP contribution in [-0.4, -0.2) is 28.4 Å². The van der Waals surface area contributed by atoms with Gasteiger partial charge in [-0.05, 0) is 0 Å². The van der Waals surface area contributed by atoms with Gasteiger partial charge in [0.05, 0.1) is 6.54 Å². The number of rotatable bonds is 4. The van der Waals surface area contributed by atoms with Gasteiger partial charge in [-0.15, -0.1) is 0 Å². The number of nitrogens with zero attached hydrogens (tertiary/aromatic N) is 2. The van der Waals surface area contributed by atoms with Gasteiger partial charge in [-0.3, -0.25) is 4.79 Å². The number of halogens is 3. The molecule has 1 atom stereocenters. The molecule has 0 amide bonds. The standard InChI is InChI=1S/C7H7F3N2O/c8-5(7(9)10)3-12-2-1-11-6(12)4-13/h1-2,4-5,7H,3H2. The molecule has 0 saturated heterocycles. The lowest BCUT2D eigenvalue weighted by Gasteiger charge is -2.08. The Bertz CT molecular complexity index is 287. The molecular weight excluding hydrogens is 185 g/mol. The van der Waals surface area contributed by atoms with E-state index in [0.29, 0.717) is 6.29 Å². The molecule has 1 aromatic rings. The summed E-state index contributed by atoms with van der Waals surface area (Å²) in [5.74, 6) is -0.0525. The number of hydrogen-bond donors (Lipinski definition) is 0. The first kappa shape index (κ1) is 9.76. The predicted molar refractivity (Wildman–Crippen MR) is 38.5 cm³/mol. The van der Waals surface area contributed by atoms with E-state index in [9.17, 15) is 18.0 Å². The maximum Gasteiger partial charge on any atom is 0.271 e. The van der Waals surface area contributed by atoms with Crippen molar-refractivity contribution < 1.29 is 18.0 Å². The second-order valence-corrected chi connectivity index (χ2v) is 2.41. The number of alkyl halides is 3. The Balaban J connectivity index is 2.68. The Morgan fingerprint density at radius 3 is 2.77 bits per heavy atom. The molecule has 6 heteroatoms. The van der Waals surface area contributed by atoms with Crippen LogP contribution in [0.5, 0.6) is 0 Å². The summed E-state index contributed by atoms with van der Waals surface area (Å²) in [7, 11) is 0. The quantitative estimate of drug-likeness (QED) is 0.674. The monoisotopic (exact) mass is 192 g/mol. The van der Waals surface area contributed by atoms with Crippen LogP contribution in [0.2, 0.25) is 0 Å². The summed E-state index contributed by atoms with van der Waals surface area (Å²) in [6.07, 6.45) is -2.39. The van der Waals surface area contributed by atoms with E-state index in [1.54, 1.807) is 0 Å². The molecular formula is C7H7F3N2O. The lowest BCUT2D eigenvalue weighted by Crippen LogP contribution is -2.20. The van der Waals surface area contributed by atoms with Crippen molar-refractivity contribution in [1.29, 1.82) is 0 Å². The van der Waals surface area contributed by atoms with E-state index in [2.05, 4.69) is 4.98 Å². The first-order valence-electron chi connectivity index (χ1n) is 3.53. The topological polar surface area (TPSA) is 34.9 Å². The van der Waals surface area contributed by atoms with Crippen molar-refractivity contribution in [1.82, 2.24) is 9.55 Å². The number of carbonyl (C=O) groups is 1. The zero-order valence-corrected chi connectivity index (χ0v) is 6.53. The van der Waals surface area contributed by atoms with Crippen LogP contribution in [-0.2, 0) is 6.54 Å². The van der Waals surface area contributed by atoms with Crippen molar-refractivity contribution in [3.05, 3.63) is 18.2 Å². The fourth-order valence-electron chi connectivity index (χ4n) is 0.861. The second-order valence-electron chi connectivity index (χ2n) is 2.41. The van der Waals surface area contributed by atoms with Gasteiger partial charge < -0.3 is 4.57 Å². The third-order valence-electron chi connectivity index (χ3n) is 1.50. The highest BCUT2D eigenvalue weighted by Gasteiger charge is 2.20. The fourth-order valence-corrected chi connectivity index (χ4v) is 0.861. The number of aromatic nitrogens is 2. The van der Waals surface area contributed by atoms with Crippen LogP contribution in [0, 0.1) is 0 Å². The van der Waals surface area contributed by atoms with E-state index in [0.717, 1.165) is 4.57 Å². The molecule has 0 saturated carbocycles. The minimum absolute atomic E-state index is 0.0525. The van der Waals surface area contributed by atoms with Gasteiger partial charge in [-0.2, -0.15) is 0 Å². The van der Waals surface area contributed by atoms with Gasteiger partial charge in [0.1, 0.15) is 0 Å². The SMILES string of the molecule is O=Cc1nccn1CC(F)C(F)F. The molecule has 0 aromatic carbocycles. The maximum absolute atomic E-state index is 12.5. The Morgan fingerprint density at radius 1 is 1.54 bits per heavy atom. The highest BCUT2D eigenvalue weighted by molar-refractivity contribution is 5.69. The van der Waals surface area contributed by atoms with Crippen LogP contribution in [0.3, 0.4) is 0 Å². The van der Waals surface area contributed by atoms with E-state index in [4.69, 9.17) is 0 Å². The van der Waals surface area contributed by atoms with E-state index in [-0.39, 0.29) is 5.82 Å². The van der Waals surface area contributed by atoms with Gasteiger partial charge in [0, 0.05) is 12.4 Å². The average molecular weight is 192 g/mol. The first-order valence-corrected chi connectivity index (χ1v) is 3.53. The number of aldehydes is 1. The zero-order chi connectivity index (χ0) is 9.84. The normalized spacial score (nSPS) is 13.2. The highest BCUT2D eigenvalue weighted by atomic mass is 19.3. The summed E-state index contributed by atoms with van der Waals surface area (Å²) >= 11 is 0. The molecule has 1 heterocycles. The Hall–Kier alpha value is -1.33. The molecule has 3 nitrogen and oxygen atoms in total. The number of carbonyl (C=O) groups excluding carboxylic acids is 1. The molecule has 1 aromatic heterocycles. The summed E-state index contributed by atoms with van der Waals surface area (Å²) in [6.45, 7) is -0.550. The third-order valence-corrected chi connectivity index (χ3v) is 1.50.